The minimum absolute atomic E-state index is 0. The van der Waals surface area contributed by atoms with Crippen LogP contribution < -0.4 is 18.9 Å². The van der Waals surface area contributed by atoms with Crippen LogP contribution >= 0.6 is 0 Å². The van der Waals surface area contributed by atoms with E-state index in [-0.39, 0.29) is 18.9 Å². The summed E-state index contributed by atoms with van der Waals surface area (Å²) in [4.78, 5) is 1.67. The van der Waals surface area contributed by atoms with Crippen LogP contribution in [0.1, 0.15) is 6.92 Å². The van der Waals surface area contributed by atoms with E-state index in [0.29, 0.717) is 0 Å². The molecule has 2 heteroatoms. The first-order chi connectivity index (χ1) is 2.81. The molecule has 0 rings (SSSR count). The summed E-state index contributed by atoms with van der Waals surface area (Å²) in [5.41, 5.74) is 0. The molecule has 34 valence electrons. The Hall–Kier alpha value is -0.0426. The molecular formula is C5H8LiN. The molecule has 0 N–H and O–H groups in total. The molecule has 0 aromatic heterocycles. The molecule has 0 aliphatic carbocycles. The topological polar surface area (TPSA) is 3.24 Å². The van der Waals surface area contributed by atoms with E-state index in [1.165, 1.54) is 0 Å². The summed E-state index contributed by atoms with van der Waals surface area (Å²) < 4.78 is 0. The SMILES string of the molecule is [C-]#CN(C)CC.[Li+]. The fourth-order valence-electron chi connectivity index (χ4n) is 0.0791. The van der Waals surface area contributed by atoms with Gasteiger partial charge in [0.25, 0.3) is 0 Å². The number of hydrogen-bond acceptors (Lipinski definition) is 1. The van der Waals surface area contributed by atoms with Crippen LogP contribution in [0.3, 0.4) is 0 Å². The van der Waals surface area contributed by atoms with Crippen molar-refractivity contribution in [3.8, 4) is 6.04 Å². The fourth-order valence-corrected chi connectivity index (χ4v) is 0.0791. The van der Waals surface area contributed by atoms with Crippen LogP contribution in [0.15, 0.2) is 0 Å². The van der Waals surface area contributed by atoms with Gasteiger partial charge in [0.2, 0.25) is 0 Å². The van der Waals surface area contributed by atoms with Crippen LogP contribution in [-0.4, -0.2) is 18.5 Å². The van der Waals surface area contributed by atoms with Crippen LogP contribution in [0.25, 0.3) is 0 Å². The molecular weight excluding hydrogens is 81.0 g/mol. The van der Waals surface area contributed by atoms with E-state index in [1.54, 1.807) is 4.90 Å². The smallest absolute Gasteiger partial charge is 0.670 e. The molecule has 0 heterocycles. The van der Waals surface area contributed by atoms with Crippen molar-refractivity contribution < 1.29 is 18.9 Å². The second-order valence-electron chi connectivity index (χ2n) is 1.13. The number of nitrogens with zero attached hydrogens (tertiary/aromatic N) is 1. The van der Waals surface area contributed by atoms with Gasteiger partial charge in [0.15, 0.2) is 0 Å². The van der Waals surface area contributed by atoms with Crippen molar-refractivity contribution in [3.63, 3.8) is 0 Å². The average Bonchev–Trinajstić information content (AvgIpc) is 1.65. The van der Waals surface area contributed by atoms with Gasteiger partial charge in [0, 0.05) is 13.6 Å². The first-order valence-corrected chi connectivity index (χ1v) is 1.94. The van der Waals surface area contributed by atoms with E-state index in [9.17, 15) is 0 Å². The predicted octanol–water partition coefficient (Wildman–Crippen LogP) is -2.51. The third-order valence-corrected chi connectivity index (χ3v) is 0.665. The van der Waals surface area contributed by atoms with Gasteiger partial charge in [0.05, 0.1) is 0 Å². The Bertz CT molecular complexity index is 65.0. The Morgan fingerprint density at radius 3 is 2.14 bits per heavy atom. The third kappa shape index (κ3) is 5.96. The molecule has 0 bridgehead atoms. The molecule has 0 spiro atoms. The number of hydrogen-bond donors (Lipinski definition) is 0. The van der Waals surface area contributed by atoms with E-state index in [1.807, 2.05) is 14.0 Å². The van der Waals surface area contributed by atoms with Gasteiger partial charge >= 0.3 is 18.9 Å². The zero-order valence-electron chi connectivity index (χ0n) is 5.15. The zero-order chi connectivity index (χ0) is 4.99. The van der Waals surface area contributed by atoms with E-state index >= 15 is 0 Å². The van der Waals surface area contributed by atoms with Gasteiger partial charge in [-0.15, -0.1) is 0 Å². The summed E-state index contributed by atoms with van der Waals surface area (Å²) in [6.45, 7) is 2.84. The normalized spacial score (nSPS) is 5.86. The molecule has 0 saturated heterocycles. The van der Waals surface area contributed by atoms with Gasteiger partial charge < -0.3 is 11.3 Å². The van der Waals surface area contributed by atoms with Crippen molar-refractivity contribution in [2.45, 2.75) is 6.92 Å². The van der Waals surface area contributed by atoms with Gasteiger partial charge in [-0.1, -0.05) is 0 Å². The second-order valence-corrected chi connectivity index (χ2v) is 1.13. The minimum atomic E-state index is 0. The molecule has 7 heavy (non-hydrogen) atoms. The van der Waals surface area contributed by atoms with Crippen LogP contribution in [0, 0.1) is 12.5 Å². The summed E-state index contributed by atoms with van der Waals surface area (Å²) in [5, 5.41) is 0. The van der Waals surface area contributed by atoms with Gasteiger partial charge in [-0.2, -0.15) is 0 Å². The maximum atomic E-state index is 6.48. The quantitative estimate of drug-likeness (QED) is 0.148. The van der Waals surface area contributed by atoms with Crippen molar-refractivity contribution in [1.29, 1.82) is 0 Å². The molecule has 0 unspecified atom stereocenters. The molecule has 0 aromatic rings. The monoisotopic (exact) mass is 89.1 g/mol. The third-order valence-electron chi connectivity index (χ3n) is 0.665. The maximum Gasteiger partial charge on any atom is 1.00 e. The van der Waals surface area contributed by atoms with E-state index in [2.05, 4.69) is 6.04 Å². The maximum absolute atomic E-state index is 6.48. The van der Waals surface area contributed by atoms with Crippen LogP contribution in [0.4, 0.5) is 0 Å². The standard InChI is InChI=1S/C5H8N.Li/c1-4-6(3)5-2;/h4H2,1,3H3;/q-1;+1. The average molecular weight is 89.1 g/mol. The van der Waals surface area contributed by atoms with Gasteiger partial charge in [-0.05, 0) is 6.92 Å². The summed E-state index contributed by atoms with van der Waals surface area (Å²) in [5.74, 6) is 0. The van der Waals surface area contributed by atoms with Gasteiger partial charge in [-0.3, -0.25) is 6.04 Å². The molecule has 0 radical (unpaired) electrons. The Morgan fingerprint density at radius 1 is 1.71 bits per heavy atom. The van der Waals surface area contributed by atoms with Crippen molar-refractivity contribution >= 4 is 0 Å². The predicted molar refractivity (Wildman–Crippen MR) is 25.4 cm³/mol. The van der Waals surface area contributed by atoms with Gasteiger partial charge in [-0.25, -0.2) is 0 Å². The molecule has 0 aromatic carbocycles. The molecule has 0 atom stereocenters. The Kier molecular flexibility index (Phi) is 8.55. The minimum Gasteiger partial charge on any atom is -0.670 e. The molecule has 0 fully saturated rings. The van der Waals surface area contributed by atoms with Crippen LogP contribution in [0.5, 0.6) is 0 Å². The van der Waals surface area contributed by atoms with Crippen molar-refractivity contribution in [1.82, 2.24) is 4.90 Å². The molecule has 1 nitrogen and oxygen atoms in total. The van der Waals surface area contributed by atoms with Crippen molar-refractivity contribution in [2.24, 2.45) is 0 Å². The van der Waals surface area contributed by atoms with Gasteiger partial charge in [0.1, 0.15) is 0 Å². The van der Waals surface area contributed by atoms with E-state index in [4.69, 9.17) is 6.42 Å². The Labute approximate surface area is 57.3 Å². The molecule has 0 aliphatic rings. The fraction of sp³-hybridized carbons (Fsp3) is 0.600. The van der Waals surface area contributed by atoms with Crippen molar-refractivity contribution in [2.75, 3.05) is 13.6 Å². The summed E-state index contributed by atoms with van der Waals surface area (Å²) in [7, 11) is 1.81. The summed E-state index contributed by atoms with van der Waals surface area (Å²) >= 11 is 0. The first kappa shape index (κ1) is 10.0. The van der Waals surface area contributed by atoms with E-state index in [0.717, 1.165) is 6.54 Å². The first-order valence-electron chi connectivity index (χ1n) is 1.94. The largest absolute Gasteiger partial charge is 1.00 e. The molecule has 0 amide bonds. The Morgan fingerprint density at radius 2 is 2.14 bits per heavy atom. The molecule has 0 aliphatic heterocycles. The van der Waals surface area contributed by atoms with E-state index < -0.39 is 0 Å². The Balaban J connectivity index is 0. The molecule has 0 saturated carbocycles. The number of rotatable bonds is 1. The van der Waals surface area contributed by atoms with Crippen molar-refractivity contribution in [3.05, 3.63) is 6.42 Å². The summed E-state index contributed by atoms with van der Waals surface area (Å²) in [6.07, 6.45) is 6.48. The zero-order valence-corrected chi connectivity index (χ0v) is 5.15. The summed E-state index contributed by atoms with van der Waals surface area (Å²) in [6, 6.07) is 2.20. The van der Waals surface area contributed by atoms with Crippen LogP contribution in [0.2, 0.25) is 0 Å². The second kappa shape index (κ2) is 5.96. The van der Waals surface area contributed by atoms with Crippen LogP contribution in [-0.2, 0) is 0 Å².